The Balaban J connectivity index is 1.74. The van der Waals surface area contributed by atoms with Crippen LogP contribution in [0.3, 0.4) is 0 Å². The highest BCUT2D eigenvalue weighted by molar-refractivity contribution is 8.00. The zero-order valence-electron chi connectivity index (χ0n) is 11.7. The van der Waals surface area contributed by atoms with Gasteiger partial charge in [-0.05, 0) is 48.1 Å². The van der Waals surface area contributed by atoms with Crippen molar-refractivity contribution in [3.05, 3.63) is 45.3 Å². The molecule has 0 aliphatic heterocycles. The third kappa shape index (κ3) is 2.50. The minimum absolute atomic E-state index is 0.308. The summed E-state index contributed by atoms with van der Waals surface area (Å²) in [5, 5.41) is 9.27. The largest absolute Gasteiger partial charge is 0.423 e. The van der Waals surface area contributed by atoms with E-state index in [1.54, 1.807) is 6.07 Å². The van der Waals surface area contributed by atoms with Crippen LogP contribution in [-0.2, 0) is 18.6 Å². The van der Waals surface area contributed by atoms with Gasteiger partial charge in [-0.25, -0.2) is 4.79 Å². The van der Waals surface area contributed by atoms with E-state index in [4.69, 9.17) is 10.2 Å². The van der Waals surface area contributed by atoms with Gasteiger partial charge < -0.3 is 10.2 Å². The van der Waals surface area contributed by atoms with Crippen molar-refractivity contribution in [2.45, 2.75) is 29.4 Å². The highest BCUT2D eigenvalue weighted by Gasteiger charge is 2.15. The summed E-state index contributed by atoms with van der Waals surface area (Å²) in [6, 6.07) is 5.77. The summed E-state index contributed by atoms with van der Waals surface area (Å²) in [7, 11) is 0. The zero-order valence-corrected chi connectivity index (χ0v) is 13.3. The minimum atomic E-state index is -0.308. The Morgan fingerprint density at radius 2 is 2.05 bits per heavy atom. The Kier molecular flexibility index (Phi) is 3.38. The molecular weight excluding hydrogens is 318 g/mol. The van der Waals surface area contributed by atoms with Crippen LogP contribution >= 0.6 is 23.1 Å². The van der Waals surface area contributed by atoms with E-state index in [9.17, 15) is 4.79 Å². The molecule has 5 nitrogen and oxygen atoms in total. The number of benzene rings is 1. The lowest BCUT2D eigenvalue weighted by Crippen LogP contribution is -2.00. The number of anilines is 1. The standard InChI is InChI=1S/C15H13N3O2S2/c16-14-17-18-15(22-14)21-7-10-6-13(19)20-12-5-9-3-1-2-8(9)4-11(10)12/h4-6H,1-3,7H2,(H2,16,17). The molecule has 4 rings (SSSR count). The van der Waals surface area contributed by atoms with E-state index in [1.165, 1.54) is 40.6 Å². The SMILES string of the molecule is Nc1nnc(SCc2cc(=O)oc3cc4c(cc23)CCC4)s1. The number of hydrogen-bond donors (Lipinski definition) is 1. The molecule has 2 N–H and O–H groups in total. The molecule has 0 atom stereocenters. The van der Waals surface area contributed by atoms with E-state index < -0.39 is 0 Å². The molecule has 2 aromatic heterocycles. The van der Waals surface area contributed by atoms with Gasteiger partial charge in [-0.1, -0.05) is 23.1 Å². The third-order valence-corrected chi connectivity index (χ3v) is 5.75. The smallest absolute Gasteiger partial charge is 0.336 e. The molecular formula is C15H13N3O2S2. The van der Waals surface area contributed by atoms with E-state index in [0.717, 1.165) is 28.1 Å². The van der Waals surface area contributed by atoms with E-state index in [-0.39, 0.29) is 5.63 Å². The maximum atomic E-state index is 11.8. The van der Waals surface area contributed by atoms with Crippen molar-refractivity contribution in [2.75, 3.05) is 5.73 Å². The molecule has 0 unspecified atom stereocenters. The van der Waals surface area contributed by atoms with Gasteiger partial charge in [0.1, 0.15) is 5.58 Å². The molecule has 3 aromatic rings. The fourth-order valence-corrected chi connectivity index (χ4v) is 4.46. The number of fused-ring (bicyclic) bond motifs is 2. The lowest BCUT2D eigenvalue weighted by molar-refractivity contribution is 0.559. The van der Waals surface area contributed by atoms with Gasteiger partial charge in [0.15, 0.2) is 4.34 Å². The summed E-state index contributed by atoms with van der Waals surface area (Å²) < 4.78 is 6.18. The predicted molar refractivity (Wildman–Crippen MR) is 88.4 cm³/mol. The average molecular weight is 331 g/mol. The van der Waals surface area contributed by atoms with Gasteiger partial charge in [0.25, 0.3) is 0 Å². The van der Waals surface area contributed by atoms with E-state index in [0.29, 0.717) is 16.5 Å². The van der Waals surface area contributed by atoms with Crippen molar-refractivity contribution in [3.8, 4) is 0 Å². The molecule has 0 saturated carbocycles. The van der Waals surface area contributed by atoms with Gasteiger partial charge in [0.05, 0.1) is 0 Å². The first-order valence-electron chi connectivity index (χ1n) is 6.99. The molecule has 2 heterocycles. The fraction of sp³-hybridized carbons (Fsp3) is 0.267. The highest BCUT2D eigenvalue weighted by Crippen LogP contribution is 2.32. The second-order valence-electron chi connectivity index (χ2n) is 5.26. The second kappa shape index (κ2) is 5.40. The molecule has 0 fully saturated rings. The Bertz CT molecular complexity index is 917. The van der Waals surface area contributed by atoms with Crippen molar-refractivity contribution >= 4 is 39.2 Å². The van der Waals surface area contributed by atoms with Crippen LogP contribution in [0.15, 0.2) is 31.8 Å². The van der Waals surface area contributed by atoms with Gasteiger partial charge in [-0.2, -0.15) is 0 Å². The maximum Gasteiger partial charge on any atom is 0.336 e. The average Bonchev–Trinajstić information content (AvgIpc) is 3.10. The van der Waals surface area contributed by atoms with Crippen LogP contribution in [0.25, 0.3) is 11.0 Å². The van der Waals surface area contributed by atoms with Gasteiger partial charge in [-0.3, -0.25) is 0 Å². The van der Waals surface area contributed by atoms with Crippen molar-refractivity contribution in [2.24, 2.45) is 0 Å². The van der Waals surface area contributed by atoms with Crippen LogP contribution in [0.5, 0.6) is 0 Å². The third-order valence-electron chi connectivity index (χ3n) is 3.82. The lowest BCUT2D eigenvalue weighted by Gasteiger charge is -2.07. The molecule has 7 heteroatoms. The second-order valence-corrected chi connectivity index (χ2v) is 7.49. The van der Waals surface area contributed by atoms with E-state index >= 15 is 0 Å². The molecule has 0 amide bonds. The summed E-state index contributed by atoms with van der Waals surface area (Å²) in [5.41, 5.74) is 9.61. The molecule has 0 radical (unpaired) electrons. The minimum Gasteiger partial charge on any atom is -0.423 e. The van der Waals surface area contributed by atoms with Gasteiger partial charge in [-0.15, -0.1) is 10.2 Å². The lowest BCUT2D eigenvalue weighted by atomic mass is 10.0. The topological polar surface area (TPSA) is 82.0 Å². The van der Waals surface area contributed by atoms with Gasteiger partial charge in [0.2, 0.25) is 5.13 Å². The van der Waals surface area contributed by atoms with Crippen LogP contribution < -0.4 is 11.4 Å². The molecule has 0 saturated heterocycles. The number of nitrogens with two attached hydrogens (primary N) is 1. The fourth-order valence-electron chi connectivity index (χ4n) is 2.83. The summed E-state index contributed by atoms with van der Waals surface area (Å²) in [4.78, 5) is 11.8. The van der Waals surface area contributed by atoms with Crippen molar-refractivity contribution < 1.29 is 4.42 Å². The van der Waals surface area contributed by atoms with Crippen molar-refractivity contribution in [1.29, 1.82) is 0 Å². The number of hydrogen-bond acceptors (Lipinski definition) is 7. The van der Waals surface area contributed by atoms with Crippen LogP contribution in [-0.4, -0.2) is 10.2 Å². The number of aromatic nitrogens is 2. The van der Waals surface area contributed by atoms with E-state index in [2.05, 4.69) is 16.3 Å². The first-order valence-corrected chi connectivity index (χ1v) is 8.79. The Hall–Kier alpha value is -1.86. The first kappa shape index (κ1) is 13.8. The number of rotatable bonds is 3. The summed E-state index contributed by atoms with van der Waals surface area (Å²) >= 11 is 2.89. The number of nitrogen functional groups attached to an aromatic ring is 1. The zero-order chi connectivity index (χ0) is 15.1. The number of aryl methyl sites for hydroxylation is 2. The molecule has 22 heavy (non-hydrogen) atoms. The molecule has 0 bridgehead atoms. The predicted octanol–water partition coefficient (Wildman–Crippen LogP) is 3.01. The Morgan fingerprint density at radius 3 is 2.82 bits per heavy atom. The quantitative estimate of drug-likeness (QED) is 0.587. The summed E-state index contributed by atoms with van der Waals surface area (Å²) in [5.74, 6) is 0.648. The van der Waals surface area contributed by atoms with Crippen LogP contribution in [0, 0.1) is 0 Å². The van der Waals surface area contributed by atoms with Crippen LogP contribution in [0.4, 0.5) is 5.13 Å². The first-order chi connectivity index (χ1) is 10.7. The van der Waals surface area contributed by atoms with E-state index in [1.807, 2.05) is 6.07 Å². The molecule has 1 aromatic carbocycles. The van der Waals surface area contributed by atoms with Crippen LogP contribution in [0.2, 0.25) is 0 Å². The normalized spacial score (nSPS) is 13.6. The molecule has 1 aliphatic rings. The number of nitrogens with zero attached hydrogens (tertiary/aromatic N) is 2. The van der Waals surface area contributed by atoms with Gasteiger partial charge >= 0.3 is 5.63 Å². The Labute approximate surface area is 134 Å². The van der Waals surface area contributed by atoms with Gasteiger partial charge in [0, 0.05) is 17.2 Å². The number of thioether (sulfide) groups is 1. The van der Waals surface area contributed by atoms with Crippen molar-refractivity contribution in [1.82, 2.24) is 10.2 Å². The maximum absolute atomic E-state index is 11.8. The summed E-state index contributed by atoms with van der Waals surface area (Å²) in [6.45, 7) is 0. The van der Waals surface area contributed by atoms with Crippen LogP contribution in [0.1, 0.15) is 23.1 Å². The summed E-state index contributed by atoms with van der Waals surface area (Å²) in [6.07, 6.45) is 3.34. The Morgan fingerprint density at radius 1 is 1.23 bits per heavy atom. The molecule has 0 spiro atoms. The molecule has 1 aliphatic carbocycles. The monoisotopic (exact) mass is 331 g/mol. The van der Waals surface area contributed by atoms with Crippen molar-refractivity contribution in [3.63, 3.8) is 0 Å². The molecule has 112 valence electrons. The highest BCUT2D eigenvalue weighted by atomic mass is 32.2.